The smallest absolute Gasteiger partial charge is 0.0187 e. The quantitative estimate of drug-likeness (QED) is 0.562. The maximum absolute atomic E-state index is 2.47. The first-order valence-corrected chi connectivity index (χ1v) is 5.33. The van der Waals surface area contributed by atoms with Crippen LogP contribution in [-0.4, -0.2) is 24.0 Å². The number of nitrogens with zero attached hydrogens (tertiary/aromatic N) is 1. The normalized spacial score (nSPS) is 24.3. The van der Waals surface area contributed by atoms with Gasteiger partial charge in [0.25, 0.3) is 0 Å². The molecule has 0 spiro atoms. The largest absolute Gasteiger partial charge is 0.301 e. The van der Waals surface area contributed by atoms with Gasteiger partial charge in [0.15, 0.2) is 0 Å². The maximum atomic E-state index is 2.47. The van der Waals surface area contributed by atoms with Gasteiger partial charge in [0.1, 0.15) is 0 Å². The number of hydrogen-bond donors (Lipinski definition) is 0. The molecule has 1 aliphatic rings. The second-order valence-corrected chi connectivity index (χ2v) is 5.13. The van der Waals surface area contributed by atoms with Crippen LogP contribution in [0, 0.1) is 5.92 Å². The lowest BCUT2D eigenvalue weighted by Gasteiger charge is -2.35. The van der Waals surface area contributed by atoms with Crippen molar-refractivity contribution < 1.29 is 0 Å². The predicted octanol–water partition coefficient (Wildman–Crippen LogP) is 3.07. The molecule has 13 heavy (non-hydrogen) atoms. The van der Waals surface area contributed by atoms with Crippen molar-refractivity contribution in [2.45, 2.75) is 46.1 Å². The monoisotopic (exact) mass is 181 g/mol. The molecule has 0 amide bonds. The van der Waals surface area contributed by atoms with Crippen LogP contribution in [0.1, 0.15) is 40.5 Å². The van der Waals surface area contributed by atoms with E-state index in [1.54, 1.807) is 5.57 Å². The molecule has 0 saturated heterocycles. The maximum Gasteiger partial charge on any atom is 0.0187 e. The summed E-state index contributed by atoms with van der Waals surface area (Å²) in [6.45, 7) is 10.5. The molecule has 0 fully saturated rings. The van der Waals surface area contributed by atoms with Gasteiger partial charge in [-0.25, -0.2) is 0 Å². The molecular formula is C12H23N. The van der Waals surface area contributed by atoms with Crippen LogP contribution in [0.2, 0.25) is 0 Å². The van der Waals surface area contributed by atoms with Crippen molar-refractivity contribution in [1.82, 2.24) is 4.90 Å². The molecule has 1 heteroatoms. The van der Waals surface area contributed by atoms with Crippen LogP contribution in [-0.2, 0) is 0 Å². The molecule has 0 aromatic carbocycles. The van der Waals surface area contributed by atoms with Crippen LogP contribution in [0.5, 0.6) is 0 Å². The molecule has 1 rings (SSSR count). The van der Waals surface area contributed by atoms with Gasteiger partial charge >= 0.3 is 0 Å². The molecule has 1 nitrogen and oxygen atoms in total. The Hall–Kier alpha value is -0.300. The molecule has 0 N–H and O–H groups in total. The van der Waals surface area contributed by atoms with Gasteiger partial charge in [0, 0.05) is 12.1 Å². The van der Waals surface area contributed by atoms with Gasteiger partial charge < -0.3 is 4.90 Å². The van der Waals surface area contributed by atoms with Gasteiger partial charge in [-0.1, -0.05) is 25.5 Å². The SMILES string of the molecule is CC(C)C1=CCCN(C)C(C)(C)C1. The summed E-state index contributed by atoms with van der Waals surface area (Å²) in [6.07, 6.45) is 4.88. The molecule has 1 aliphatic heterocycles. The van der Waals surface area contributed by atoms with Crippen molar-refractivity contribution in [2.75, 3.05) is 13.6 Å². The molecule has 1 heterocycles. The fourth-order valence-corrected chi connectivity index (χ4v) is 1.89. The van der Waals surface area contributed by atoms with E-state index in [2.05, 4.69) is 45.7 Å². The van der Waals surface area contributed by atoms with E-state index < -0.39 is 0 Å². The third-order valence-electron chi connectivity index (χ3n) is 3.28. The van der Waals surface area contributed by atoms with Gasteiger partial charge in [-0.15, -0.1) is 0 Å². The average molecular weight is 181 g/mol. The fraction of sp³-hybridized carbons (Fsp3) is 0.833. The van der Waals surface area contributed by atoms with Crippen LogP contribution in [0.4, 0.5) is 0 Å². The van der Waals surface area contributed by atoms with E-state index in [9.17, 15) is 0 Å². The highest BCUT2D eigenvalue weighted by Crippen LogP contribution is 2.29. The topological polar surface area (TPSA) is 3.24 Å². The third-order valence-corrected chi connectivity index (χ3v) is 3.28. The van der Waals surface area contributed by atoms with Crippen molar-refractivity contribution in [1.29, 1.82) is 0 Å². The van der Waals surface area contributed by atoms with Gasteiger partial charge in [0.05, 0.1) is 0 Å². The van der Waals surface area contributed by atoms with Gasteiger partial charge in [0.2, 0.25) is 0 Å². The number of hydrogen-bond acceptors (Lipinski definition) is 1. The van der Waals surface area contributed by atoms with Crippen LogP contribution < -0.4 is 0 Å². The van der Waals surface area contributed by atoms with Crippen molar-refractivity contribution in [3.05, 3.63) is 11.6 Å². The molecule has 0 radical (unpaired) electrons. The molecule has 0 atom stereocenters. The summed E-state index contributed by atoms with van der Waals surface area (Å²) >= 11 is 0. The van der Waals surface area contributed by atoms with E-state index in [-0.39, 0.29) is 0 Å². The van der Waals surface area contributed by atoms with E-state index in [0.29, 0.717) is 11.5 Å². The molecule has 0 aromatic heterocycles. The summed E-state index contributed by atoms with van der Waals surface area (Å²) in [7, 11) is 2.23. The van der Waals surface area contributed by atoms with Crippen molar-refractivity contribution in [2.24, 2.45) is 5.92 Å². The molecule has 76 valence electrons. The Balaban J connectivity index is 2.76. The summed E-state index contributed by atoms with van der Waals surface area (Å²) < 4.78 is 0. The predicted molar refractivity (Wildman–Crippen MR) is 58.9 cm³/mol. The Labute approximate surface area is 82.8 Å². The minimum absolute atomic E-state index is 0.340. The van der Waals surface area contributed by atoms with Crippen LogP contribution in [0.25, 0.3) is 0 Å². The minimum atomic E-state index is 0.340. The third kappa shape index (κ3) is 2.57. The first kappa shape index (κ1) is 10.8. The molecule has 0 saturated carbocycles. The lowest BCUT2D eigenvalue weighted by atomic mass is 9.89. The van der Waals surface area contributed by atoms with Gasteiger partial charge in [-0.3, -0.25) is 0 Å². The number of rotatable bonds is 1. The Morgan fingerprint density at radius 2 is 2.00 bits per heavy atom. The average Bonchev–Trinajstić information content (AvgIpc) is 2.12. The Morgan fingerprint density at radius 3 is 2.54 bits per heavy atom. The highest BCUT2D eigenvalue weighted by Gasteiger charge is 2.27. The lowest BCUT2D eigenvalue weighted by Crippen LogP contribution is -2.40. The second kappa shape index (κ2) is 3.83. The van der Waals surface area contributed by atoms with Crippen molar-refractivity contribution in [3.8, 4) is 0 Å². The van der Waals surface area contributed by atoms with Gasteiger partial charge in [-0.05, 0) is 39.7 Å². The minimum Gasteiger partial charge on any atom is -0.301 e. The van der Waals surface area contributed by atoms with E-state index in [1.807, 2.05) is 0 Å². The van der Waals surface area contributed by atoms with Crippen molar-refractivity contribution >= 4 is 0 Å². The summed E-state index contributed by atoms with van der Waals surface area (Å²) in [5.41, 5.74) is 1.97. The Kier molecular flexibility index (Phi) is 3.18. The highest BCUT2D eigenvalue weighted by atomic mass is 15.2. The zero-order valence-corrected chi connectivity index (χ0v) is 9.72. The zero-order valence-electron chi connectivity index (χ0n) is 9.72. The molecular weight excluding hydrogens is 158 g/mol. The van der Waals surface area contributed by atoms with Crippen molar-refractivity contribution in [3.63, 3.8) is 0 Å². The summed E-state index contributed by atoms with van der Waals surface area (Å²) in [4.78, 5) is 2.47. The van der Waals surface area contributed by atoms with Crippen LogP contribution >= 0.6 is 0 Å². The zero-order chi connectivity index (χ0) is 10.1. The first-order chi connectivity index (χ1) is 5.93. The van der Waals surface area contributed by atoms with E-state index >= 15 is 0 Å². The van der Waals surface area contributed by atoms with E-state index in [1.165, 1.54) is 19.4 Å². The van der Waals surface area contributed by atoms with Crippen LogP contribution in [0.15, 0.2) is 11.6 Å². The summed E-state index contributed by atoms with van der Waals surface area (Å²) in [5, 5.41) is 0. The first-order valence-electron chi connectivity index (χ1n) is 5.33. The van der Waals surface area contributed by atoms with E-state index in [0.717, 1.165) is 0 Å². The standard InChI is InChI=1S/C12H23N/c1-10(2)11-7-6-8-13(5)12(3,4)9-11/h7,10H,6,8-9H2,1-5H3. The Morgan fingerprint density at radius 1 is 1.38 bits per heavy atom. The summed E-state index contributed by atoms with van der Waals surface area (Å²) in [6, 6.07) is 0. The lowest BCUT2D eigenvalue weighted by molar-refractivity contribution is 0.162. The molecule has 0 aromatic rings. The van der Waals surface area contributed by atoms with E-state index in [4.69, 9.17) is 0 Å². The van der Waals surface area contributed by atoms with Crippen LogP contribution in [0.3, 0.4) is 0 Å². The van der Waals surface area contributed by atoms with Gasteiger partial charge in [-0.2, -0.15) is 0 Å². The highest BCUT2D eigenvalue weighted by molar-refractivity contribution is 5.11. The molecule has 0 aliphatic carbocycles. The Bertz CT molecular complexity index is 201. The second-order valence-electron chi connectivity index (χ2n) is 5.13. The molecule has 0 bridgehead atoms. The fourth-order valence-electron chi connectivity index (χ4n) is 1.89. The molecule has 0 unspecified atom stereocenters. The summed E-state index contributed by atoms with van der Waals surface area (Å²) in [5.74, 6) is 0.714.